The minimum absolute atomic E-state index is 0. The largest absolute Gasteiger partial charge is 3.00 e. The van der Waals surface area contributed by atoms with Crippen molar-refractivity contribution in [1.82, 2.24) is 0 Å². The molecule has 0 N–H and O–H groups in total. The maximum Gasteiger partial charge on any atom is 3.00 e. The normalized spacial score (nSPS) is 1.50. The average molecular weight is 112 g/mol. The van der Waals surface area contributed by atoms with Gasteiger partial charge in [0.25, 0.3) is 0 Å². The molecule has 1 radical (unpaired) electrons. The first kappa shape index (κ1) is 24.4. The van der Waals surface area contributed by atoms with Gasteiger partial charge in [-0.3, -0.25) is 0 Å². The zero-order valence-corrected chi connectivity index (χ0v) is 4.00. The standard InChI is InChI=1S/Cr.OSi.O/c;1-2;/q+3;+2;-2. The minimum atomic E-state index is 0. The van der Waals surface area contributed by atoms with Crippen LogP contribution in [0.2, 0.25) is 0 Å². The van der Waals surface area contributed by atoms with Crippen molar-refractivity contribution in [3.8, 4) is 0 Å². The first-order valence-electron chi connectivity index (χ1n) is 0.204. The quantitative estimate of drug-likeness (QED) is 0.385. The summed E-state index contributed by atoms with van der Waals surface area (Å²) in [5, 5.41) is 0. The maximum atomic E-state index is 8.06. The van der Waals surface area contributed by atoms with Gasteiger partial charge < -0.3 is 5.48 Å². The molecule has 0 saturated heterocycles. The van der Waals surface area contributed by atoms with E-state index in [1.165, 1.54) is 0 Å². The molecule has 0 amide bonds. The number of hydrogen-bond acceptors (Lipinski definition) is 1. The van der Waals surface area contributed by atoms with Crippen LogP contribution < -0.4 is 0 Å². The van der Waals surface area contributed by atoms with Crippen LogP contribution >= 0.6 is 0 Å². The van der Waals surface area contributed by atoms with Crippen molar-refractivity contribution < 1.29 is 27.3 Å². The van der Waals surface area contributed by atoms with E-state index in [2.05, 4.69) is 0 Å². The van der Waals surface area contributed by atoms with Gasteiger partial charge in [0.15, 0.2) is 0 Å². The molecule has 0 aromatic carbocycles. The first-order chi connectivity index (χ1) is 1.00. The Hall–Kier alpha value is 0.509. The van der Waals surface area contributed by atoms with E-state index >= 15 is 0 Å². The molecule has 0 fully saturated rings. The summed E-state index contributed by atoms with van der Waals surface area (Å²) in [6.45, 7) is 0. The predicted octanol–water partition coefficient (Wildman–Crippen LogP) is -0.621. The van der Waals surface area contributed by atoms with Gasteiger partial charge >= 0.3 is 32.0 Å². The molecule has 0 spiro atoms. The third-order valence-corrected chi connectivity index (χ3v) is 0. The average Bonchev–Trinajstić information content (AvgIpc) is 1.00. The molecule has 0 unspecified atom stereocenters. The second-order valence-electron chi connectivity index (χ2n) is 0. The van der Waals surface area contributed by atoms with Crippen LogP contribution in [-0.2, 0) is 27.3 Å². The smallest absolute Gasteiger partial charge is 2.00 e. The molecule has 0 heterocycles. The molecule has 0 aromatic rings. The van der Waals surface area contributed by atoms with Crippen molar-refractivity contribution in [2.45, 2.75) is 0 Å². The van der Waals surface area contributed by atoms with Gasteiger partial charge in [-0.2, -0.15) is 0 Å². The summed E-state index contributed by atoms with van der Waals surface area (Å²) in [5.74, 6) is 0. The topological polar surface area (TPSA) is 45.6 Å². The van der Waals surface area contributed by atoms with Crippen molar-refractivity contribution >= 4 is 10.1 Å². The summed E-state index contributed by atoms with van der Waals surface area (Å²) >= 11 is 0. The molecule has 0 saturated carbocycles. The molecule has 0 aromatic heterocycles. The van der Waals surface area contributed by atoms with Crippen LogP contribution in [-0.4, -0.2) is 10.1 Å². The Morgan fingerprint density at radius 3 is 1.25 bits per heavy atom. The minimum Gasteiger partial charge on any atom is -2.00 e. The monoisotopic (exact) mass is 112 g/mol. The molecule has 2 nitrogen and oxygen atoms in total. The molecule has 0 aliphatic heterocycles. The second kappa shape index (κ2) is 85.2. The van der Waals surface area contributed by atoms with Crippen LogP contribution in [0.25, 0.3) is 0 Å². The van der Waals surface area contributed by atoms with Crippen LogP contribution in [0.1, 0.15) is 0 Å². The number of rotatable bonds is 0. The summed E-state index contributed by atoms with van der Waals surface area (Å²) in [6, 6.07) is 0. The molecule has 4 heavy (non-hydrogen) atoms. The summed E-state index contributed by atoms with van der Waals surface area (Å²) in [6.07, 6.45) is 0. The Bertz CT molecular complexity index is 6.00. The summed E-state index contributed by atoms with van der Waals surface area (Å²) in [4.78, 5) is 0. The van der Waals surface area contributed by atoms with E-state index in [0.29, 0.717) is 0 Å². The van der Waals surface area contributed by atoms with Crippen molar-refractivity contribution in [2.75, 3.05) is 0 Å². The zero-order valence-electron chi connectivity index (χ0n) is 1.72. The third kappa shape index (κ3) is 22.0. The number of hydrogen-bond donors (Lipinski definition) is 0. The molecular weight excluding hydrogens is 112 g/mol. The molecule has 19 valence electrons. The van der Waals surface area contributed by atoms with E-state index < -0.39 is 0 Å². The van der Waals surface area contributed by atoms with E-state index in [-0.39, 0.29) is 22.8 Å². The Morgan fingerprint density at radius 2 is 1.25 bits per heavy atom. The molecule has 4 heteroatoms. The van der Waals surface area contributed by atoms with E-state index in [0.717, 1.165) is 0 Å². The van der Waals surface area contributed by atoms with Gasteiger partial charge in [-0.1, -0.05) is 0 Å². The van der Waals surface area contributed by atoms with Crippen molar-refractivity contribution in [1.29, 1.82) is 0 Å². The van der Waals surface area contributed by atoms with Gasteiger partial charge in [-0.25, -0.2) is 0 Å². The Morgan fingerprint density at radius 1 is 1.25 bits per heavy atom. The summed E-state index contributed by atoms with van der Waals surface area (Å²) < 4.78 is 8.06. The van der Waals surface area contributed by atoms with Crippen molar-refractivity contribution in [3.05, 3.63) is 0 Å². The fourth-order valence-electron chi connectivity index (χ4n) is 0. The van der Waals surface area contributed by atoms with Gasteiger partial charge in [-0.15, -0.1) is 0 Å². The van der Waals surface area contributed by atoms with E-state index in [1.807, 2.05) is 0 Å². The van der Waals surface area contributed by atoms with Crippen LogP contribution in [0.3, 0.4) is 0 Å². The SMILES string of the molecule is O=[Si+2].[Cr+3].[O-2]. The first-order valence-corrected chi connectivity index (χ1v) is 0.612. The van der Waals surface area contributed by atoms with E-state index in [4.69, 9.17) is 4.46 Å². The zero-order chi connectivity index (χ0) is 2.00. The molecular formula is CrO2Si+3. The molecule has 0 aliphatic carbocycles. The van der Waals surface area contributed by atoms with Gasteiger partial charge in [-0.05, 0) is 0 Å². The van der Waals surface area contributed by atoms with Crippen LogP contribution in [0.4, 0.5) is 0 Å². The van der Waals surface area contributed by atoms with Gasteiger partial charge in [0, 0.05) is 0 Å². The van der Waals surface area contributed by atoms with Gasteiger partial charge in [0.05, 0.1) is 0 Å². The third-order valence-electron chi connectivity index (χ3n) is 0. The van der Waals surface area contributed by atoms with Crippen molar-refractivity contribution in [3.63, 3.8) is 0 Å². The van der Waals surface area contributed by atoms with Crippen LogP contribution in [0.5, 0.6) is 0 Å². The van der Waals surface area contributed by atoms with Gasteiger partial charge in [0.1, 0.15) is 0 Å². The van der Waals surface area contributed by atoms with Crippen LogP contribution in [0.15, 0.2) is 0 Å². The molecule has 0 bridgehead atoms. The van der Waals surface area contributed by atoms with Crippen LogP contribution in [0, 0.1) is 0 Å². The fraction of sp³-hybridized carbons (Fsp3) is 0. The van der Waals surface area contributed by atoms with Crippen molar-refractivity contribution in [2.24, 2.45) is 0 Å². The molecule has 0 atom stereocenters. The summed E-state index contributed by atoms with van der Waals surface area (Å²) in [5.41, 5.74) is 0. The summed E-state index contributed by atoms with van der Waals surface area (Å²) in [7, 11) is 1.72. The van der Waals surface area contributed by atoms with Gasteiger partial charge in [0.2, 0.25) is 0 Å². The molecule has 0 rings (SSSR count). The Balaban J connectivity index is -0.00000000500. The predicted molar refractivity (Wildman–Crippen MR) is 7.13 cm³/mol. The molecule has 0 aliphatic rings. The Labute approximate surface area is 38.1 Å². The fourth-order valence-corrected chi connectivity index (χ4v) is 0. The van der Waals surface area contributed by atoms with E-state index in [1.54, 1.807) is 10.1 Å². The maximum absolute atomic E-state index is 8.06. The Kier molecular flexibility index (Phi) is 519. The second-order valence-corrected chi connectivity index (χ2v) is 0. The van der Waals surface area contributed by atoms with E-state index in [9.17, 15) is 0 Å².